The second-order valence-corrected chi connectivity index (χ2v) is 1.58. The molecule has 0 heterocycles. The normalized spacial score (nSPS) is 8.82. The number of hydrogen-bond acceptors (Lipinski definition) is 3. The van der Waals surface area contributed by atoms with Gasteiger partial charge >= 0.3 is 11.9 Å². The van der Waals surface area contributed by atoms with Crippen molar-refractivity contribution in [2.75, 3.05) is 0 Å². The Labute approximate surface area is 77.9 Å². The summed E-state index contributed by atoms with van der Waals surface area (Å²) in [5.41, 5.74) is 0. The van der Waals surface area contributed by atoms with Crippen molar-refractivity contribution >= 4 is 11.9 Å². The zero-order valence-electron chi connectivity index (χ0n) is 5.85. The quantitative estimate of drug-likeness (QED) is 0.451. The van der Waals surface area contributed by atoms with E-state index in [0.29, 0.717) is 0 Å². The van der Waals surface area contributed by atoms with Crippen molar-refractivity contribution in [3.63, 3.8) is 0 Å². The van der Waals surface area contributed by atoms with Gasteiger partial charge in [0.15, 0.2) is 0 Å². The molecule has 0 aliphatic rings. The summed E-state index contributed by atoms with van der Waals surface area (Å²) in [6.07, 6.45) is 2.19. The van der Waals surface area contributed by atoms with Gasteiger partial charge in [-0.25, -0.2) is 0 Å². The molecule has 0 saturated carbocycles. The van der Waals surface area contributed by atoms with E-state index in [9.17, 15) is 9.59 Å². The number of hydrogen-bond donors (Lipinski definition) is 1. The third-order valence-corrected chi connectivity index (χ3v) is 0.623. The zero-order chi connectivity index (χ0) is 7.98. The number of ether oxygens (including phenoxy) is 1. The van der Waals surface area contributed by atoms with Crippen LogP contribution >= 0.6 is 0 Å². The standard InChI is InChI=1S/C6H8O4.Pd/c1-5(7)10-4-2-3-6(8)9;/h2,4H,3H2,1H3,(H,8,9);. The number of rotatable bonds is 3. The van der Waals surface area contributed by atoms with Gasteiger partial charge in [-0.3, -0.25) is 9.59 Å². The molecule has 0 radical (unpaired) electrons. The fourth-order valence-electron chi connectivity index (χ4n) is 0.293. The van der Waals surface area contributed by atoms with Gasteiger partial charge < -0.3 is 9.84 Å². The summed E-state index contributed by atoms with van der Waals surface area (Å²) in [6, 6.07) is 0. The molecule has 11 heavy (non-hydrogen) atoms. The second kappa shape index (κ2) is 7.45. The molecule has 0 atom stereocenters. The third kappa shape index (κ3) is 12.5. The Morgan fingerprint density at radius 1 is 1.55 bits per heavy atom. The van der Waals surface area contributed by atoms with Crippen LogP contribution in [0, 0.1) is 0 Å². The van der Waals surface area contributed by atoms with E-state index < -0.39 is 11.9 Å². The molecular weight excluding hydrogens is 242 g/mol. The molecule has 0 aromatic heterocycles. The molecule has 0 aromatic carbocycles. The Morgan fingerprint density at radius 2 is 2.09 bits per heavy atom. The molecule has 0 rings (SSSR count). The number of esters is 1. The fourth-order valence-corrected chi connectivity index (χ4v) is 0.293. The largest absolute Gasteiger partial charge is 0.481 e. The molecule has 0 bridgehead atoms. The smallest absolute Gasteiger partial charge is 0.307 e. The Morgan fingerprint density at radius 3 is 2.45 bits per heavy atom. The summed E-state index contributed by atoms with van der Waals surface area (Å²) in [7, 11) is 0. The molecule has 0 saturated heterocycles. The molecule has 66 valence electrons. The maximum absolute atomic E-state index is 10.1. The van der Waals surface area contributed by atoms with Crippen molar-refractivity contribution in [3.8, 4) is 0 Å². The first kappa shape index (κ1) is 13.0. The van der Waals surface area contributed by atoms with E-state index >= 15 is 0 Å². The number of carbonyl (C=O) groups is 2. The monoisotopic (exact) mass is 250 g/mol. The van der Waals surface area contributed by atoms with Crippen LogP contribution in [0.2, 0.25) is 0 Å². The third-order valence-electron chi connectivity index (χ3n) is 0.623. The Balaban J connectivity index is 0. The average molecular weight is 251 g/mol. The minimum atomic E-state index is -0.955. The van der Waals surface area contributed by atoms with Gasteiger partial charge in [0.05, 0.1) is 12.7 Å². The van der Waals surface area contributed by atoms with Crippen molar-refractivity contribution < 1.29 is 39.9 Å². The molecule has 0 aliphatic heterocycles. The molecule has 0 amide bonds. The molecular formula is C6H8O4Pd. The maximum Gasteiger partial charge on any atom is 0.307 e. The molecule has 0 aromatic rings. The van der Waals surface area contributed by atoms with Crippen LogP contribution in [0.3, 0.4) is 0 Å². The summed E-state index contributed by atoms with van der Waals surface area (Å²) in [4.78, 5) is 19.9. The van der Waals surface area contributed by atoms with Gasteiger partial charge in [-0.2, -0.15) is 0 Å². The summed E-state index contributed by atoms with van der Waals surface area (Å²) < 4.78 is 4.31. The minimum absolute atomic E-state index is 0. The first-order chi connectivity index (χ1) is 4.63. The van der Waals surface area contributed by atoms with Gasteiger partial charge in [0.25, 0.3) is 0 Å². The number of carbonyl (C=O) groups excluding carboxylic acids is 1. The van der Waals surface area contributed by atoms with E-state index in [0.717, 1.165) is 6.26 Å². The topological polar surface area (TPSA) is 63.6 Å². The van der Waals surface area contributed by atoms with Crippen molar-refractivity contribution in [1.82, 2.24) is 0 Å². The minimum Gasteiger partial charge on any atom is -0.481 e. The molecule has 0 fully saturated rings. The predicted molar refractivity (Wildman–Crippen MR) is 33.2 cm³/mol. The van der Waals surface area contributed by atoms with Crippen molar-refractivity contribution in [1.29, 1.82) is 0 Å². The Kier molecular flexibility index (Phi) is 8.78. The maximum atomic E-state index is 10.1. The molecule has 5 heteroatoms. The number of carboxylic acid groups (broad SMARTS) is 1. The van der Waals surface area contributed by atoms with E-state index in [2.05, 4.69) is 4.74 Å². The average Bonchev–Trinajstić information content (AvgIpc) is 1.79. The van der Waals surface area contributed by atoms with Crippen LogP contribution in [0.25, 0.3) is 0 Å². The van der Waals surface area contributed by atoms with Gasteiger partial charge in [0.1, 0.15) is 0 Å². The second-order valence-electron chi connectivity index (χ2n) is 1.58. The molecule has 0 spiro atoms. The van der Waals surface area contributed by atoms with Crippen LogP contribution < -0.4 is 0 Å². The fraction of sp³-hybridized carbons (Fsp3) is 0.333. The molecule has 1 N–H and O–H groups in total. The number of aliphatic carboxylic acids is 1. The van der Waals surface area contributed by atoms with Crippen LogP contribution in [0.1, 0.15) is 13.3 Å². The molecule has 4 nitrogen and oxygen atoms in total. The van der Waals surface area contributed by atoms with Crippen LogP contribution in [0.4, 0.5) is 0 Å². The Bertz CT molecular complexity index is 146. The van der Waals surface area contributed by atoms with Gasteiger partial charge in [-0.15, -0.1) is 0 Å². The first-order valence-electron chi connectivity index (χ1n) is 2.67. The van der Waals surface area contributed by atoms with Crippen LogP contribution in [0.15, 0.2) is 12.3 Å². The first-order valence-corrected chi connectivity index (χ1v) is 2.67. The summed E-state index contributed by atoms with van der Waals surface area (Å²) >= 11 is 0. The van der Waals surface area contributed by atoms with Crippen LogP contribution in [-0.4, -0.2) is 17.0 Å². The van der Waals surface area contributed by atoms with E-state index in [4.69, 9.17) is 5.11 Å². The zero-order valence-corrected chi connectivity index (χ0v) is 7.40. The van der Waals surface area contributed by atoms with E-state index in [1.807, 2.05) is 0 Å². The van der Waals surface area contributed by atoms with E-state index in [1.54, 1.807) is 0 Å². The van der Waals surface area contributed by atoms with Gasteiger partial charge in [-0.05, 0) is 6.08 Å². The van der Waals surface area contributed by atoms with Gasteiger partial charge in [0, 0.05) is 27.3 Å². The Hall–Kier alpha value is -0.658. The number of carboxylic acids is 1. The van der Waals surface area contributed by atoms with E-state index in [-0.39, 0.29) is 26.8 Å². The van der Waals surface area contributed by atoms with E-state index in [1.165, 1.54) is 13.0 Å². The SMILES string of the molecule is CC(=O)OC=CCC(=O)O.[Pd]. The van der Waals surface area contributed by atoms with Crippen molar-refractivity contribution in [3.05, 3.63) is 12.3 Å². The summed E-state index contributed by atoms with van der Waals surface area (Å²) in [5, 5.41) is 8.09. The molecule has 0 unspecified atom stereocenters. The van der Waals surface area contributed by atoms with Gasteiger partial charge in [-0.1, -0.05) is 0 Å². The molecule has 0 aliphatic carbocycles. The van der Waals surface area contributed by atoms with Crippen LogP contribution in [-0.2, 0) is 34.7 Å². The predicted octanol–water partition coefficient (Wildman–Crippen LogP) is 0.535. The summed E-state index contributed by atoms with van der Waals surface area (Å²) in [5.74, 6) is -1.41. The van der Waals surface area contributed by atoms with Crippen molar-refractivity contribution in [2.45, 2.75) is 13.3 Å². The van der Waals surface area contributed by atoms with Gasteiger partial charge in [0.2, 0.25) is 0 Å². The van der Waals surface area contributed by atoms with Crippen LogP contribution in [0.5, 0.6) is 0 Å². The summed E-state index contributed by atoms with van der Waals surface area (Å²) in [6.45, 7) is 1.24. The van der Waals surface area contributed by atoms with Crippen molar-refractivity contribution in [2.24, 2.45) is 0 Å².